The van der Waals surface area contributed by atoms with E-state index in [0.717, 1.165) is 41.7 Å². The number of aromatic amines is 1. The summed E-state index contributed by atoms with van der Waals surface area (Å²) in [6.07, 6.45) is 3.90. The number of benzene rings is 2. The first-order valence-electron chi connectivity index (χ1n) is 10.3. The van der Waals surface area contributed by atoms with Crippen LogP contribution in [0, 0.1) is 0 Å². The number of nitrogens with zero attached hydrogens (tertiary/aromatic N) is 3. The SMILES string of the molecule is C[C@H](NC(=O)c1ccc(-n2c3c(ncc2=O)CCC3)c(Cl)c1)c1nc2cc(Cl)ccc2[nH]1. The molecule has 5 rings (SSSR count). The molecule has 0 fully saturated rings. The number of imidazole rings is 1. The number of aryl methyl sites for hydroxylation is 1. The molecule has 0 saturated heterocycles. The van der Waals surface area contributed by atoms with E-state index >= 15 is 0 Å². The Morgan fingerprint density at radius 2 is 2.03 bits per heavy atom. The van der Waals surface area contributed by atoms with Crippen LogP contribution in [-0.4, -0.2) is 25.4 Å². The number of nitrogens with one attached hydrogen (secondary N) is 2. The van der Waals surface area contributed by atoms with Crippen molar-refractivity contribution < 1.29 is 4.79 Å². The second kappa shape index (κ2) is 8.07. The highest BCUT2D eigenvalue weighted by Gasteiger charge is 2.21. The van der Waals surface area contributed by atoms with Crippen LogP contribution in [0.5, 0.6) is 0 Å². The average molecular weight is 468 g/mol. The van der Waals surface area contributed by atoms with Gasteiger partial charge in [0.15, 0.2) is 0 Å². The summed E-state index contributed by atoms with van der Waals surface area (Å²) in [6.45, 7) is 1.84. The highest BCUT2D eigenvalue weighted by atomic mass is 35.5. The van der Waals surface area contributed by atoms with Crippen molar-refractivity contribution in [3.63, 3.8) is 0 Å². The average Bonchev–Trinajstić information content (AvgIpc) is 3.40. The van der Waals surface area contributed by atoms with Crippen molar-refractivity contribution in [2.75, 3.05) is 0 Å². The predicted molar refractivity (Wildman–Crippen MR) is 124 cm³/mol. The summed E-state index contributed by atoms with van der Waals surface area (Å²) in [5.41, 5.74) is 4.09. The second-order valence-corrected chi connectivity index (χ2v) is 8.67. The minimum Gasteiger partial charge on any atom is -0.342 e. The Morgan fingerprint density at radius 3 is 2.84 bits per heavy atom. The van der Waals surface area contributed by atoms with E-state index in [1.54, 1.807) is 34.9 Å². The zero-order valence-corrected chi connectivity index (χ0v) is 18.7. The molecule has 2 heterocycles. The normalized spacial score (nSPS) is 13.8. The van der Waals surface area contributed by atoms with Crippen molar-refractivity contribution in [2.24, 2.45) is 0 Å². The largest absolute Gasteiger partial charge is 0.342 e. The Balaban J connectivity index is 1.40. The monoisotopic (exact) mass is 467 g/mol. The molecule has 2 aromatic carbocycles. The number of amides is 1. The van der Waals surface area contributed by atoms with E-state index in [4.69, 9.17) is 23.2 Å². The van der Waals surface area contributed by atoms with Crippen molar-refractivity contribution in [1.82, 2.24) is 24.8 Å². The molecule has 2 aromatic heterocycles. The van der Waals surface area contributed by atoms with E-state index in [1.165, 1.54) is 6.20 Å². The topological polar surface area (TPSA) is 92.7 Å². The molecule has 32 heavy (non-hydrogen) atoms. The highest BCUT2D eigenvalue weighted by molar-refractivity contribution is 6.32. The van der Waals surface area contributed by atoms with Crippen LogP contribution >= 0.6 is 23.2 Å². The third kappa shape index (κ3) is 3.67. The lowest BCUT2D eigenvalue weighted by molar-refractivity contribution is 0.0938. The van der Waals surface area contributed by atoms with Gasteiger partial charge in [-0.1, -0.05) is 23.2 Å². The molecule has 0 spiro atoms. The third-order valence-corrected chi connectivity index (χ3v) is 6.19. The molecule has 1 aliphatic rings. The zero-order chi connectivity index (χ0) is 22.4. The Labute approximate surface area is 193 Å². The fraction of sp³-hybridized carbons (Fsp3) is 0.217. The quantitative estimate of drug-likeness (QED) is 0.465. The van der Waals surface area contributed by atoms with Crippen LogP contribution < -0.4 is 10.9 Å². The van der Waals surface area contributed by atoms with Crippen molar-refractivity contribution in [3.8, 4) is 5.69 Å². The maximum atomic E-state index is 12.8. The molecular weight excluding hydrogens is 449 g/mol. The summed E-state index contributed by atoms with van der Waals surface area (Å²) >= 11 is 12.5. The smallest absolute Gasteiger partial charge is 0.273 e. The van der Waals surface area contributed by atoms with Crippen LogP contribution in [-0.2, 0) is 12.8 Å². The number of hydrogen-bond acceptors (Lipinski definition) is 4. The van der Waals surface area contributed by atoms with Gasteiger partial charge in [0, 0.05) is 16.3 Å². The van der Waals surface area contributed by atoms with Crippen LogP contribution in [0.2, 0.25) is 10.0 Å². The number of fused-ring (bicyclic) bond motifs is 2. The molecule has 7 nitrogen and oxygen atoms in total. The highest BCUT2D eigenvalue weighted by Crippen LogP contribution is 2.27. The Bertz CT molecular complexity index is 1430. The fourth-order valence-electron chi connectivity index (χ4n) is 4.06. The molecule has 2 N–H and O–H groups in total. The van der Waals surface area contributed by atoms with E-state index < -0.39 is 0 Å². The van der Waals surface area contributed by atoms with E-state index in [1.807, 2.05) is 13.0 Å². The first kappa shape index (κ1) is 20.7. The van der Waals surface area contributed by atoms with Gasteiger partial charge in [0.05, 0.1) is 39.7 Å². The molecule has 0 aliphatic heterocycles. The van der Waals surface area contributed by atoms with E-state index in [9.17, 15) is 9.59 Å². The lowest BCUT2D eigenvalue weighted by Crippen LogP contribution is -2.27. The van der Waals surface area contributed by atoms with Gasteiger partial charge >= 0.3 is 0 Å². The molecule has 0 bridgehead atoms. The summed E-state index contributed by atoms with van der Waals surface area (Å²) in [4.78, 5) is 37.3. The number of hydrogen-bond donors (Lipinski definition) is 2. The summed E-state index contributed by atoms with van der Waals surface area (Å²) in [5, 5.41) is 3.85. The van der Waals surface area contributed by atoms with Crippen LogP contribution in [0.1, 0.15) is 47.0 Å². The predicted octanol–water partition coefficient (Wildman–Crippen LogP) is 4.40. The van der Waals surface area contributed by atoms with Gasteiger partial charge in [-0.2, -0.15) is 0 Å². The maximum absolute atomic E-state index is 12.8. The van der Waals surface area contributed by atoms with Crippen molar-refractivity contribution >= 4 is 40.1 Å². The van der Waals surface area contributed by atoms with Crippen molar-refractivity contribution in [2.45, 2.75) is 32.2 Å². The number of H-pyrrole nitrogens is 1. The first-order valence-corrected chi connectivity index (χ1v) is 11.0. The first-order chi connectivity index (χ1) is 15.4. The molecule has 1 atom stereocenters. The number of carbonyl (C=O) groups excluding carboxylic acids is 1. The molecular formula is C23H19Cl2N5O2. The molecule has 1 amide bonds. The Hall–Kier alpha value is -3.16. The minimum atomic E-state index is -0.363. The molecule has 9 heteroatoms. The lowest BCUT2D eigenvalue weighted by Gasteiger charge is -2.15. The molecule has 1 aliphatic carbocycles. The summed E-state index contributed by atoms with van der Waals surface area (Å²) < 4.78 is 1.60. The van der Waals surface area contributed by atoms with Gasteiger partial charge in [-0.15, -0.1) is 0 Å². The van der Waals surface area contributed by atoms with Gasteiger partial charge in [0.25, 0.3) is 11.5 Å². The van der Waals surface area contributed by atoms with Crippen LogP contribution in [0.3, 0.4) is 0 Å². The van der Waals surface area contributed by atoms with Crippen LogP contribution in [0.15, 0.2) is 47.4 Å². The number of carbonyl (C=O) groups is 1. The van der Waals surface area contributed by atoms with Crippen molar-refractivity contribution in [3.05, 3.63) is 85.8 Å². The second-order valence-electron chi connectivity index (χ2n) is 7.82. The van der Waals surface area contributed by atoms with Gasteiger partial charge in [0.2, 0.25) is 0 Å². The van der Waals surface area contributed by atoms with Gasteiger partial charge in [-0.3, -0.25) is 19.1 Å². The molecule has 0 saturated carbocycles. The maximum Gasteiger partial charge on any atom is 0.273 e. The molecule has 162 valence electrons. The summed E-state index contributed by atoms with van der Waals surface area (Å²) in [5.74, 6) is 0.328. The minimum absolute atomic E-state index is 0.233. The lowest BCUT2D eigenvalue weighted by atomic mass is 10.1. The van der Waals surface area contributed by atoms with Gasteiger partial charge < -0.3 is 10.3 Å². The fourth-order valence-corrected chi connectivity index (χ4v) is 4.49. The van der Waals surface area contributed by atoms with Gasteiger partial charge in [0.1, 0.15) is 5.82 Å². The van der Waals surface area contributed by atoms with Crippen molar-refractivity contribution in [1.29, 1.82) is 0 Å². The van der Waals surface area contributed by atoms with Crippen LogP contribution in [0.4, 0.5) is 0 Å². The van der Waals surface area contributed by atoms with E-state index in [2.05, 4.69) is 20.3 Å². The standard InChI is InChI=1S/C23H19Cl2N5O2/c1-12(22-28-16-7-6-14(24)10-18(16)29-22)27-23(32)13-5-8-19(15(25)9-13)30-20-4-2-3-17(20)26-11-21(30)31/h5-12H,2-4H2,1H3,(H,27,32)(H,28,29)/t12-/m0/s1. The van der Waals surface area contributed by atoms with Crippen LogP contribution in [0.25, 0.3) is 16.7 Å². The molecule has 0 radical (unpaired) electrons. The zero-order valence-electron chi connectivity index (χ0n) is 17.2. The molecule has 0 unspecified atom stereocenters. The summed E-state index contributed by atoms with van der Waals surface area (Å²) in [7, 11) is 0. The van der Waals surface area contributed by atoms with E-state index in [-0.39, 0.29) is 17.5 Å². The van der Waals surface area contributed by atoms with Gasteiger partial charge in [-0.05, 0) is 62.6 Å². The Morgan fingerprint density at radius 1 is 1.19 bits per heavy atom. The number of halogens is 2. The molecule has 4 aromatic rings. The van der Waals surface area contributed by atoms with Gasteiger partial charge in [-0.25, -0.2) is 4.98 Å². The number of aromatic nitrogens is 4. The Kier molecular flexibility index (Phi) is 5.23. The van der Waals surface area contributed by atoms with E-state index in [0.29, 0.717) is 27.1 Å². The number of rotatable bonds is 4. The third-order valence-electron chi connectivity index (χ3n) is 5.65. The summed E-state index contributed by atoms with van der Waals surface area (Å²) in [6, 6.07) is 9.97.